The van der Waals surface area contributed by atoms with Crippen LogP contribution in [0.25, 0.3) is 0 Å². The number of benzene rings is 1. The van der Waals surface area contributed by atoms with E-state index < -0.39 is 16.0 Å². The fraction of sp³-hybridized carbons (Fsp3) is 0. The number of nitrogens with zero attached hydrogens (tertiary/aromatic N) is 1. The topological polar surface area (TPSA) is 96.4 Å². The molecule has 0 aliphatic carbocycles. The lowest BCUT2D eigenvalue weighted by molar-refractivity contribution is 0.0690. The average Bonchev–Trinajstić information content (AvgIpc) is 2.41. The van der Waals surface area contributed by atoms with Crippen molar-refractivity contribution in [3.8, 4) is 0 Å². The van der Waals surface area contributed by atoms with Crippen molar-refractivity contribution in [3.05, 3.63) is 52.3 Å². The van der Waals surface area contributed by atoms with Crippen LogP contribution in [-0.4, -0.2) is 24.5 Å². The van der Waals surface area contributed by atoms with Crippen molar-refractivity contribution in [1.82, 2.24) is 4.98 Å². The van der Waals surface area contributed by atoms with Gasteiger partial charge in [-0.15, -0.1) is 0 Å². The van der Waals surface area contributed by atoms with Gasteiger partial charge in [0.2, 0.25) is 0 Å². The standard InChI is InChI=1S/C12H8Cl2N2O4S/c13-9-2-1-8(6-10(9)14)21(19,20)16-7-3-4-15-11(5-7)12(17)18/h1-6H,(H,15,16)(H,17,18). The normalized spacial score (nSPS) is 11.1. The summed E-state index contributed by atoms with van der Waals surface area (Å²) >= 11 is 11.5. The Balaban J connectivity index is 2.35. The van der Waals surface area contributed by atoms with E-state index in [-0.39, 0.29) is 26.3 Å². The minimum Gasteiger partial charge on any atom is -0.477 e. The van der Waals surface area contributed by atoms with Crippen molar-refractivity contribution < 1.29 is 18.3 Å². The number of carboxylic acid groups (broad SMARTS) is 1. The van der Waals surface area contributed by atoms with Crippen LogP contribution in [0.1, 0.15) is 10.5 Å². The summed E-state index contributed by atoms with van der Waals surface area (Å²) in [4.78, 5) is 14.3. The molecule has 1 heterocycles. The molecule has 0 amide bonds. The van der Waals surface area contributed by atoms with Crippen LogP contribution in [0, 0.1) is 0 Å². The molecule has 2 N–H and O–H groups in total. The molecule has 1 aromatic carbocycles. The fourth-order valence-corrected chi connectivity index (χ4v) is 2.91. The van der Waals surface area contributed by atoms with Crippen LogP contribution in [0.15, 0.2) is 41.4 Å². The Kier molecular flexibility index (Phi) is 4.36. The molecule has 2 rings (SSSR count). The molecule has 0 bridgehead atoms. The highest BCUT2D eigenvalue weighted by molar-refractivity contribution is 7.92. The summed E-state index contributed by atoms with van der Waals surface area (Å²) < 4.78 is 26.6. The third kappa shape index (κ3) is 3.63. The highest BCUT2D eigenvalue weighted by atomic mass is 35.5. The maximum absolute atomic E-state index is 12.2. The fourth-order valence-electron chi connectivity index (χ4n) is 1.47. The highest BCUT2D eigenvalue weighted by Gasteiger charge is 2.16. The van der Waals surface area contributed by atoms with Crippen molar-refractivity contribution in [1.29, 1.82) is 0 Å². The summed E-state index contributed by atoms with van der Waals surface area (Å²) in [7, 11) is -3.91. The first-order valence-corrected chi connectivity index (χ1v) is 7.71. The molecule has 0 fully saturated rings. The van der Waals surface area contributed by atoms with Crippen LogP contribution in [-0.2, 0) is 10.0 Å². The monoisotopic (exact) mass is 346 g/mol. The number of carbonyl (C=O) groups is 1. The summed E-state index contributed by atoms with van der Waals surface area (Å²) in [6.07, 6.45) is 1.19. The summed E-state index contributed by atoms with van der Waals surface area (Å²) in [5, 5.41) is 9.15. The SMILES string of the molecule is O=C(O)c1cc(NS(=O)(=O)c2ccc(Cl)c(Cl)c2)ccn1. The Morgan fingerprint density at radius 1 is 1.14 bits per heavy atom. The number of nitrogens with one attached hydrogen (secondary N) is 1. The molecule has 0 aliphatic heterocycles. The smallest absolute Gasteiger partial charge is 0.354 e. The Labute approximate surface area is 130 Å². The van der Waals surface area contributed by atoms with E-state index in [4.69, 9.17) is 28.3 Å². The minimum absolute atomic E-state index is 0.0773. The molecular formula is C12H8Cl2N2O4S. The average molecular weight is 347 g/mol. The summed E-state index contributed by atoms with van der Waals surface area (Å²) in [5.41, 5.74) is -0.196. The third-order valence-corrected chi connectivity index (χ3v) is 4.55. The molecule has 0 saturated heterocycles. The third-order valence-electron chi connectivity index (χ3n) is 2.43. The van der Waals surface area contributed by atoms with Gasteiger partial charge in [0, 0.05) is 6.20 Å². The van der Waals surface area contributed by atoms with Crippen molar-refractivity contribution in [2.75, 3.05) is 4.72 Å². The van der Waals surface area contributed by atoms with Crippen molar-refractivity contribution >= 4 is 44.9 Å². The molecule has 0 saturated carbocycles. The summed E-state index contributed by atoms with van der Waals surface area (Å²) in [6.45, 7) is 0. The number of rotatable bonds is 4. The Morgan fingerprint density at radius 3 is 2.48 bits per heavy atom. The van der Waals surface area contributed by atoms with E-state index in [1.165, 1.54) is 30.5 Å². The van der Waals surface area contributed by atoms with Gasteiger partial charge in [0.25, 0.3) is 10.0 Å². The lowest BCUT2D eigenvalue weighted by atomic mass is 10.3. The van der Waals surface area contributed by atoms with Crippen LogP contribution in [0.4, 0.5) is 5.69 Å². The number of halogens is 2. The largest absolute Gasteiger partial charge is 0.477 e. The zero-order chi connectivity index (χ0) is 15.6. The highest BCUT2D eigenvalue weighted by Crippen LogP contribution is 2.26. The van der Waals surface area contributed by atoms with Crippen LogP contribution in [0.2, 0.25) is 10.0 Å². The number of pyridine rings is 1. The van der Waals surface area contributed by atoms with Gasteiger partial charge < -0.3 is 5.11 Å². The molecular weight excluding hydrogens is 339 g/mol. The van der Waals surface area contributed by atoms with E-state index in [9.17, 15) is 13.2 Å². The molecule has 0 aliphatic rings. The number of carboxylic acids is 1. The van der Waals surface area contributed by atoms with Gasteiger partial charge in [-0.1, -0.05) is 23.2 Å². The molecule has 6 nitrogen and oxygen atoms in total. The molecule has 21 heavy (non-hydrogen) atoms. The molecule has 110 valence electrons. The Morgan fingerprint density at radius 2 is 1.86 bits per heavy atom. The van der Waals surface area contributed by atoms with Gasteiger partial charge >= 0.3 is 5.97 Å². The van der Waals surface area contributed by atoms with E-state index in [1.807, 2.05) is 0 Å². The van der Waals surface area contributed by atoms with Gasteiger partial charge in [-0.2, -0.15) is 0 Å². The van der Waals surface area contributed by atoms with Gasteiger partial charge in [-0.25, -0.2) is 18.2 Å². The van der Waals surface area contributed by atoms with Gasteiger partial charge in [0.1, 0.15) is 5.69 Å². The number of aromatic carboxylic acids is 1. The Bertz CT molecular complexity index is 809. The summed E-state index contributed by atoms with van der Waals surface area (Å²) in [6, 6.07) is 6.29. The van der Waals surface area contributed by atoms with Crippen molar-refractivity contribution in [2.45, 2.75) is 4.90 Å². The lowest BCUT2D eigenvalue weighted by Gasteiger charge is -2.09. The predicted molar refractivity (Wildman–Crippen MR) is 78.5 cm³/mol. The number of hydrogen-bond donors (Lipinski definition) is 2. The molecule has 9 heteroatoms. The second kappa shape index (κ2) is 5.88. The van der Waals surface area contributed by atoms with Crippen molar-refractivity contribution in [3.63, 3.8) is 0 Å². The van der Waals surface area contributed by atoms with E-state index in [0.29, 0.717) is 0 Å². The van der Waals surface area contributed by atoms with Gasteiger partial charge in [0.05, 0.1) is 20.6 Å². The second-order valence-electron chi connectivity index (χ2n) is 3.92. The van der Waals surface area contributed by atoms with E-state index >= 15 is 0 Å². The second-order valence-corrected chi connectivity index (χ2v) is 6.41. The van der Waals surface area contributed by atoms with Crippen LogP contribution >= 0.6 is 23.2 Å². The van der Waals surface area contributed by atoms with Gasteiger partial charge in [0.15, 0.2) is 0 Å². The van der Waals surface area contributed by atoms with E-state index in [2.05, 4.69) is 9.71 Å². The predicted octanol–water partition coefficient (Wildman–Crippen LogP) is 2.89. The number of anilines is 1. The van der Waals surface area contributed by atoms with Crippen LogP contribution in [0.5, 0.6) is 0 Å². The summed E-state index contributed by atoms with van der Waals surface area (Å²) in [5.74, 6) is -1.26. The molecule has 1 aromatic heterocycles. The number of aromatic nitrogens is 1. The molecule has 0 spiro atoms. The van der Waals surface area contributed by atoms with Gasteiger partial charge in [-0.05, 0) is 30.3 Å². The van der Waals surface area contributed by atoms with Crippen LogP contribution < -0.4 is 4.72 Å². The molecule has 2 aromatic rings. The van der Waals surface area contributed by atoms with E-state index in [1.54, 1.807) is 0 Å². The molecule has 0 atom stereocenters. The molecule has 0 radical (unpaired) electrons. The van der Waals surface area contributed by atoms with Crippen molar-refractivity contribution in [2.24, 2.45) is 0 Å². The van der Waals surface area contributed by atoms with E-state index in [0.717, 1.165) is 6.07 Å². The van der Waals surface area contributed by atoms with Gasteiger partial charge in [-0.3, -0.25) is 4.72 Å². The zero-order valence-electron chi connectivity index (χ0n) is 10.2. The Hall–Kier alpha value is -1.83. The molecule has 0 unspecified atom stereocenters. The maximum Gasteiger partial charge on any atom is 0.354 e. The number of sulfonamides is 1. The van der Waals surface area contributed by atoms with Crippen LogP contribution in [0.3, 0.4) is 0 Å². The first-order chi connectivity index (χ1) is 9.79. The number of hydrogen-bond acceptors (Lipinski definition) is 4. The zero-order valence-corrected chi connectivity index (χ0v) is 12.6. The first kappa shape index (κ1) is 15.6. The first-order valence-electron chi connectivity index (χ1n) is 5.47. The maximum atomic E-state index is 12.2. The lowest BCUT2D eigenvalue weighted by Crippen LogP contribution is -2.13. The minimum atomic E-state index is -3.91. The quantitative estimate of drug-likeness (QED) is 0.887.